The first kappa shape index (κ1) is 12.2. The number of carbonyl (C=O) groups excluding carboxylic acids is 1. The second kappa shape index (κ2) is 3.96. The van der Waals surface area contributed by atoms with Gasteiger partial charge in [-0.2, -0.15) is 0 Å². The molecule has 1 aliphatic rings. The molecular weight excluding hydrogens is 199 g/mol. The molecular formula is C10H19FN2O2. The van der Waals surface area contributed by atoms with Crippen LogP contribution in [0.4, 0.5) is 9.18 Å². The third-order valence-corrected chi connectivity index (χ3v) is 2.19. The van der Waals surface area contributed by atoms with Crippen LogP contribution in [0.25, 0.3) is 0 Å². The molecule has 5 heteroatoms. The molecule has 4 nitrogen and oxygen atoms in total. The topological polar surface area (TPSA) is 55.6 Å². The van der Waals surface area contributed by atoms with Gasteiger partial charge in [-0.1, -0.05) is 0 Å². The van der Waals surface area contributed by atoms with Crippen LogP contribution in [-0.2, 0) is 4.74 Å². The van der Waals surface area contributed by atoms with E-state index >= 15 is 0 Å². The minimum absolute atomic E-state index is 0.0963. The highest BCUT2D eigenvalue weighted by Crippen LogP contribution is 2.29. The maximum atomic E-state index is 13.6. The number of nitrogens with zero attached hydrogens (tertiary/aromatic N) is 1. The predicted octanol–water partition coefficient (Wildman–Crippen LogP) is 1.29. The van der Waals surface area contributed by atoms with Gasteiger partial charge in [0, 0.05) is 0 Å². The van der Waals surface area contributed by atoms with Crippen molar-refractivity contribution in [1.82, 2.24) is 4.90 Å². The molecule has 0 unspecified atom stereocenters. The fourth-order valence-corrected chi connectivity index (χ4v) is 1.51. The Balaban J connectivity index is 2.35. The molecule has 1 fully saturated rings. The van der Waals surface area contributed by atoms with E-state index in [4.69, 9.17) is 10.5 Å². The number of hydrogen-bond donors (Lipinski definition) is 1. The fourth-order valence-electron chi connectivity index (χ4n) is 1.51. The highest BCUT2D eigenvalue weighted by atomic mass is 19.1. The van der Waals surface area contributed by atoms with Crippen molar-refractivity contribution in [2.45, 2.75) is 38.5 Å². The lowest BCUT2D eigenvalue weighted by molar-refractivity contribution is -0.0530. The summed E-state index contributed by atoms with van der Waals surface area (Å²) in [5.41, 5.74) is 3.44. The second-order valence-corrected chi connectivity index (χ2v) is 5.03. The smallest absolute Gasteiger partial charge is 0.410 e. The van der Waals surface area contributed by atoms with Crippen LogP contribution in [0.3, 0.4) is 0 Å². The zero-order valence-corrected chi connectivity index (χ0v) is 9.55. The van der Waals surface area contributed by atoms with E-state index in [1.807, 2.05) is 0 Å². The van der Waals surface area contributed by atoms with Crippen LogP contribution in [0.1, 0.15) is 27.2 Å². The van der Waals surface area contributed by atoms with Crippen LogP contribution in [0.15, 0.2) is 0 Å². The molecule has 0 aromatic rings. The molecule has 88 valence electrons. The zero-order valence-electron chi connectivity index (χ0n) is 9.55. The first-order chi connectivity index (χ1) is 6.76. The summed E-state index contributed by atoms with van der Waals surface area (Å²) in [6.45, 7) is 5.85. The van der Waals surface area contributed by atoms with Crippen LogP contribution in [0.5, 0.6) is 0 Å². The Morgan fingerprint density at radius 3 is 2.47 bits per heavy atom. The highest BCUT2D eigenvalue weighted by molar-refractivity contribution is 5.69. The van der Waals surface area contributed by atoms with Gasteiger partial charge in [-0.15, -0.1) is 0 Å². The Morgan fingerprint density at radius 1 is 1.53 bits per heavy atom. The first-order valence-electron chi connectivity index (χ1n) is 5.13. The van der Waals surface area contributed by atoms with Crippen LogP contribution in [-0.4, -0.2) is 41.9 Å². The number of carbonyl (C=O) groups is 1. The Kier molecular flexibility index (Phi) is 3.23. The van der Waals surface area contributed by atoms with E-state index in [9.17, 15) is 9.18 Å². The lowest BCUT2D eigenvalue weighted by Crippen LogP contribution is -2.62. The Labute approximate surface area is 89.6 Å². The minimum atomic E-state index is -1.30. The summed E-state index contributed by atoms with van der Waals surface area (Å²) in [6.07, 6.45) is -0.153. The van der Waals surface area contributed by atoms with Crippen LogP contribution in [0.2, 0.25) is 0 Å². The van der Waals surface area contributed by atoms with Gasteiger partial charge in [-0.25, -0.2) is 9.18 Å². The molecule has 1 rings (SSSR count). The molecule has 0 aromatic carbocycles. The summed E-state index contributed by atoms with van der Waals surface area (Å²) >= 11 is 0. The Bertz CT molecular complexity index is 244. The van der Waals surface area contributed by atoms with Gasteiger partial charge in [0.15, 0.2) is 0 Å². The van der Waals surface area contributed by atoms with E-state index in [1.54, 1.807) is 20.8 Å². The summed E-state index contributed by atoms with van der Waals surface area (Å²) in [4.78, 5) is 12.8. The van der Waals surface area contributed by atoms with Crippen molar-refractivity contribution in [3.05, 3.63) is 0 Å². The summed E-state index contributed by atoms with van der Waals surface area (Å²) in [5.74, 6) is 0. The minimum Gasteiger partial charge on any atom is -0.444 e. The molecule has 0 radical (unpaired) electrons. The fraction of sp³-hybridized carbons (Fsp3) is 0.900. The number of nitrogens with two attached hydrogens (primary N) is 1. The Morgan fingerprint density at radius 2 is 2.07 bits per heavy atom. The van der Waals surface area contributed by atoms with E-state index < -0.39 is 17.4 Å². The number of ether oxygens (including phenoxy) is 1. The lowest BCUT2D eigenvalue weighted by atomic mass is 9.93. The number of amides is 1. The number of alkyl halides is 1. The van der Waals surface area contributed by atoms with Gasteiger partial charge < -0.3 is 15.4 Å². The SMILES string of the molecule is CC(C)(C)OC(=O)N1CC(F)(CCN)C1. The highest BCUT2D eigenvalue weighted by Gasteiger charge is 2.46. The van der Waals surface area contributed by atoms with Gasteiger partial charge in [-0.05, 0) is 33.7 Å². The van der Waals surface area contributed by atoms with Crippen molar-refractivity contribution in [2.24, 2.45) is 5.73 Å². The van der Waals surface area contributed by atoms with Gasteiger partial charge >= 0.3 is 6.09 Å². The molecule has 1 saturated heterocycles. The average Bonchev–Trinajstić information content (AvgIpc) is 1.96. The monoisotopic (exact) mass is 218 g/mol. The number of rotatable bonds is 2. The quantitative estimate of drug-likeness (QED) is 0.760. The van der Waals surface area contributed by atoms with Gasteiger partial charge in [0.1, 0.15) is 11.3 Å². The van der Waals surface area contributed by atoms with Gasteiger partial charge in [0.25, 0.3) is 0 Å². The molecule has 0 aromatic heterocycles. The van der Waals surface area contributed by atoms with Crippen molar-refractivity contribution in [3.8, 4) is 0 Å². The molecule has 1 heterocycles. The van der Waals surface area contributed by atoms with Crippen LogP contribution < -0.4 is 5.73 Å². The van der Waals surface area contributed by atoms with Gasteiger partial charge in [0.05, 0.1) is 13.1 Å². The van der Waals surface area contributed by atoms with E-state index in [0.29, 0.717) is 13.0 Å². The van der Waals surface area contributed by atoms with Crippen LogP contribution in [0, 0.1) is 0 Å². The first-order valence-corrected chi connectivity index (χ1v) is 5.13. The molecule has 0 bridgehead atoms. The number of likely N-dealkylation sites (tertiary alicyclic amines) is 1. The van der Waals surface area contributed by atoms with Crippen molar-refractivity contribution in [1.29, 1.82) is 0 Å². The maximum absolute atomic E-state index is 13.6. The summed E-state index contributed by atoms with van der Waals surface area (Å²) in [6, 6.07) is 0. The number of halogens is 1. The standard InChI is InChI=1S/C10H19FN2O2/c1-9(2,3)15-8(14)13-6-10(11,7-13)4-5-12/h4-7,12H2,1-3H3. The third kappa shape index (κ3) is 3.34. The second-order valence-electron chi connectivity index (χ2n) is 5.03. The predicted molar refractivity (Wildman–Crippen MR) is 55.3 cm³/mol. The van der Waals surface area contributed by atoms with E-state index in [0.717, 1.165) is 0 Å². The maximum Gasteiger partial charge on any atom is 0.410 e. The summed E-state index contributed by atoms with van der Waals surface area (Å²) < 4.78 is 18.7. The largest absolute Gasteiger partial charge is 0.444 e. The molecule has 0 aliphatic carbocycles. The average molecular weight is 218 g/mol. The van der Waals surface area contributed by atoms with E-state index in [2.05, 4.69) is 0 Å². The van der Waals surface area contributed by atoms with Crippen molar-refractivity contribution >= 4 is 6.09 Å². The molecule has 1 aliphatic heterocycles. The van der Waals surface area contributed by atoms with Gasteiger partial charge in [0.2, 0.25) is 0 Å². The molecule has 1 amide bonds. The summed E-state index contributed by atoms with van der Waals surface area (Å²) in [7, 11) is 0. The van der Waals surface area contributed by atoms with Crippen molar-refractivity contribution < 1.29 is 13.9 Å². The molecule has 0 atom stereocenters. The van der Waals surface area contributed by atoms with Crippen molar-refractivity contribution in [2.75, 3.05) is 19.6 Å². The Hall–Kier alpha value is -0.840. The zero-order chi connectivity index (χ0) is 11.7. The molecule has 0 spiro atoms. The van der Waals surface area contributed by atoms with Crippen LogP contribution >= 0.6 is 0 Å². The normalized spacial score (nSPS) is 19.7. The third-order valence-electron chi connectivity index (χ3n) is 2.19. The lowest BCUT2D eigenvalue weighted by Gasteiger charge is -2.44. The number of hydrogen-bond acceptors (Lipinski definition) is 3. The van der Waals surface area contributed by atoms with E-state index in [1.165, 1.54) is 4.90 Å². The van der Waals surface area contributed by atoms with E-state index in [-0.39, 0.29) is 13.1 Å². The molecule has 15 heavy (non-hydrogen) atoms. The molecule has 0 saturated carbocycles. The molecule has 2 N–H and O–H groups in total. The summed E-state index contributed by atoms with van der Waals surface area (Å²) in [5, 5.41) is 0. The van der Waals surface area contributed by atoms with Gasteiger partial charge in [-0.3, -0.25) is 0 Å². The van der Waals surface area contributed by atoms with Crippen molar-refractivity contribution in [3.63, 3.8) is 0 Å².